The normalized spacial score (nSPS) is 23.4. The van der Waals surface area contributed by atoms with Gasteiger partial charge < -0.3 is 14.8 Å². The number of halogens is 3. The second-order valence-corrected chi connectivity index (χ2v) is 6.28. The third-order valence-corrected chi connectivity index (χ3v) is 4.50. The van der Waals surface area contributed by atoms with Crippen molar-refractivity contribution in [3.8, 4) is 0 Å². The van der Waals surface area contributed by atoms with E-state index in [1.165, 1.54) is 18.2 Å². The molecule has 4 nitrogen and oxygen atoms in total. The van der Waals surface area contributed by atoms with Gasteiger partial charge in [0.25, 0.3) is 5.91 Å². The van der Waals surface area contributed by atoms with Crippen LogP contribution in [-0.4, -0.2) is 30.9 Å². The first-order valence-electron chi connectivity index (χ1n) is 8.16. The maximum Gasteiger partial charge on any atom is 0.417 e. The van der Waals surface area contributed by atoms with Gasteiger partial charge in [0.2, 0.25) is 0 Å². The van der Waals surface area contributed by atoms with E-state index in [1.807, 2.05) is 0 Å². The van der Waals surface area contributed by atoms with Crippen molar-refractivity contribution in [2.75, 3.05) is 13.2 Å². The summed E-state index contributed by atoms with van der Waals surface area (Å²) >= 11 is 0. The van der Waals surface area contributed by atoms with Crippen molar-refractivity contribution in [1.82, 2.24) is 5.32 Å². The fourth-order valence-electron chi connectivity index (χ4n) is 3.30. The Morgan fingerprint density at radius 2 is 1.92 bits per heavy atom. The number of nitrogens with one attached hydrogen (secondary N) is 1. The Kier molecular flexibility index (Phi) is 4.83. The minimum atomic E-state index is -4.56. The van der Waals surface area contributed by atoms with E-state index in [0.717, 1.165) is 38.2 Å². The molecular weight excluding hydrogens is 323 g/mol. The number of rotatable bonds is 3. The molecular formula is C17H20F3NO3. The van der Waals surface area contributed by atoms with Crippen LogP contribution >= 0.6 is 0 Å². The molecule has 0 bridgehead atoms. The van der Waals surface area contributed by atoms with Crippen LogP contribution in [0, 0.1) is 0 Å². The summed E-state index contributed by atoms with van der Waals surface area (Å²) in [5.74, 6) is -1.31. The van der Waals surface area contributed by atoms with Crippen molar-refractivity contribution in [1.29, 1.82) is 0 Å². The highest BCUT2D eigenvalue weighted by Gasteiger charge is 2.42. The number of amides is 1. The van der Waals surface area contributed by atoms with Crippen LogP contribution in [0.15, 0.2) is 24.3 Å². The van der Waals surface area contributed by atoms with E-state index >= 15 is 0 Å². The monoisotopic (exact) mass is 343 g/mol. The molecule has 2 fully saturated rings. The van der Waals surface area contributed by atoms with Gasteiger partial charge in [0, 0.05) is 19.4 Å². The Balaban J connectivity index is 1.59. The SMILES string of the molecule is O=C(NC[C@@H]1COC2(CCCCC2)O1)c1ccccc1C(F)(F)F. The average Bonchev–Trinajstić information content (AvgIpc) is 2.95. The molecule has 3 rings (SSSR count). The van der Waals surface area contributed by atoms with Crippen molar-refractivity contribution < 1.29 is 27.4 Å². The molecule has 1 atom stereocenters. The van der Waals surface area contributed by atoms with Crippen molar-refractivity contribution >= 4 is 5.91 Å². The summed E-state index contributed by atoms with van der Waals surface area (Å²) in [7, 11) is 0. The minimum absolute atomic E-state index is 0.132. The number of carbonyl (C=O) groups is 1. The number of hydrogen-bond acceptors (Lipinski definition) is 3. The van der Waals surface area contributed by atoms with E-state index in [-0.39, 0.29) is 18.2 Å². The maximum absolute atomic E-state index is 13.0. The fourth-order valence-corrected chi connectivity index (χ4v) is 3.30. The molecule has 132 valence electrons. The zero-order valence-corrected chi connectivity index (χ0v) is 13.2. The Morgan fingerprint density at radius 1 is 1.21 bits per heavy atom. The van der Waals surface area contributed by atoms with Gasteiger partial charge in [-0.25, -0.2) is 0 Å². The van der Waals surface area contributed by atoms with Gasteiger partial charge >= 0.3 is 6.18 Å². The quantitative estimate of drug-likeness (QED) is 0.914. The highest BCUT2D eigenvalue weighted by molar-refractivity contribution is 5.95. The van der Waals surface area contributed by atoms with E-state index in [9.17, 15) is 18.0 Å². The molecule has 1 heterocycles. The lowest BCUT2D eigenvalue weighted by molar-refractivity contribution is -0.186. The minimum Gasteiger partial charge on any atom is -0.349 e. The molecule has 0 aromatic heterocycles. The lowest BCUT2D eigenvalue weighted by atomic mass is 9.94. The van der Waals surface area contributed by atoms with Crippen molar-refractivity contribution in [2.24, 2.45) is 0 Å². The molecule has 24 heavy (non-hydrogen) atoms. The topological polar surface area (TPSA) is 47.6 Å². The molecule has 1 amide bonds. The first kappa shape index (κ1) is 17.2. The molecule has 2 aliphatic rings. The molecule has 0 radical (unpaired) electrons. The Morgan fingerprint density at radius 3 is 2.62 bits per heavy atom. The Labute approximate surface area is 138 Å². The Hall–Kier alpha value is -1.60. The second kappa shape index (κ2) is 6.72. The summed E-state index contributed by atoms with van der Waals surface area (Å²) in [5, 5.41) is 2.53. The molecule has 1 N–H and O–H groups in total. The summed E-state index contributed by atoms with van der Waals surface area (Å²) in [5.41, 5.74) is -1.31. The first-order chi connectivity index (χ1) is 11.4. The van der Waals surface area contributed by atoms with E-state index in [0.29, 0.717) is 6.61 Å². The lowest BCUT2D eigenvalue weighted by Crippen LogP contribution is -2.37. The fraction of sp³-hybridized carbons (Fsp3) is 0.588. The molecule has 1 aliphatic carbocycles. The van der Waals surface area contributed by atoms with Gasteiger partial charge in [-0.2, -0.15) is 13.2 Å². The summed E-state index contributed by atoms with van der Waals surface area (Å²) in [6, 6.07) is 4.75. The molecule has 0 unspecified atom stereocenters. The standard InChI is InChI=1S/C17H20F3NO3/c18-17(19,20)14-7-3-2-6-13(14)15(22)21-10-12-11-23-16(24-12)8-4-1-5-9-16/h2-3,6-7,12H,1,4-5,8-11H2,(H,21,22)/t12-/m1/s1. The molecule has 1 aliphatic heterocycles. The lowest BCUT2D eigenvalue weighted by Gasteiger charge is -2.31. The third-order valence-electron chi connectivity index (χ3n) is 4.50. The largest absolute Gasteiger partial charge is 0.417 e. The van der Waals surface area contributed by atoms with Gasteiger partial charge in [-0.1, -0.05) is 18.6 Å². The maximum atomic E-state index is 13.0. The van der Waals surface area contributed by atoms with Gasteiger partial charge in [-0.15, -0.1) is 0 Å². The number of ether oxygens (including phenoxy) is 2. The van der Waals surface area contributed by atoms with Crippen LogP contribution < -0.4 is 5.32 Å². The van der Waals surface area contributed by atoms with Gasteiger partial charge in [0.15, 0.2) is 5.79 Å². The van der Waals surface area contributed by atoms with E-state index < -0.39 is 23.4 Å². The number of benzene rings is 1. The van der Waals surface area contributed by atoms with Crippen molar-refractivity contribution in [3.05, 3.63) is 35.4 Å². The molecule has 1 aromatic carbocycles. The van der Waals surface area contributed by atoms with Gasteiger partial charge in [-0.3, -0.25) is 4.79 Å². The molecule has 1 spiro atoms. The first-order valence-corrected chi connectivity index (χ1v) is 8.16. The summed E-state index contributed by atoms with van der Waals surface area (Å²) in [6.07, 6.45) is 0.000693. The Bertz CT molecular complexity index is 597. The molecule has 7 heteroatoms. The highest BCUT2D eigenvalue weighted by atomic mass is 19.4. The molecule has 1 saturated heterocycles. The van der Waals surface area contributed by atoms with E-state index in [2.05, 4.69) is 5.32 Å². The van der Waals surface area contributed by atoms with Gasteiger partial charge in [0.1, 0.15) is 6.10 Å². The number of hydrogen-bond donors (Lipinski definition) is 1. The predicted octanol–water partition coefficient (Wildman–Crippen LogP) is 3.51. The highest BCUT2D eigenvalue weighted by Crippen LogP contribution is 2.37. The van der Waals surface area contributed by atoms with Gasteiger partial charge in [-0.05, 0) is 25.0 Å². The second-order valence-electron chi connectivity index (χ2n) is 6.28. The van der Waals surface area contributed by atoms with Crippen LogP contribution in [-0.2, 0) is 15.7 Å². The van der Waals surface area contributed by atoms with Crippen LogP contribution in [0.3, 0.4) is 0 Å². The zero-order valence-electron chi connectivity index (χ0n) is 13.2. The van der Waals surface area contributed by atoms with Crippen LogP contribution in [0.5, 0.6) is 0 Å². The smallest absolute Gasteiger partial charge is 0.349 e. The summed E-state index contributed by atoms with van der Waals surface area (Å²) < 4.78 is 50.6. The summed E-state index contributed by atoms with van der Waals surface area (Å²) in [6.45, 7) is 0.480. The van der Waals surface area contributed by atoms with Crippen LogP contribution in [0.25, 0.3) is 0 Å². The van der Waals surface area contributed by atoms with Crippen molar-refractivity contribution in [2.45, 2.75) is 50.2 Å². The predicted molar refractivity (Wildman–Crippen MR) is 80.4 cm³/mol. The van der Waals surface area contributed by atoms with E-state index in [4.69, 9.17) is 9.47 Å². The van der Waals surface area contributed by atoms with Crippen LogP contribution in [0.2, 0.25) is 0 Å². The summed E-state index contributed by atoms with van der Waals surface area (Å²) in [4.78, 5) is 12.1. The molecule has 1 saturated carbocycles. The number of carbonyl (C=O) groups excluding carboxylic acids is 1. The van der Waals surface area contributed by atoms with Crippen LogP contribution in [0.4, 0.5) is 13.2 Å². The van der Waals surface area contributed by atoms with E-state index in [1.54, 1.807) is 0 Å². The van der Waals surface area contributed by atoms with Crippen LogP contribution in [0.1, 0.15) is 48.0 Å². The number of alkyl halides is 3. The van der Waals surface area contributed by atoms with Gasteiger partial charge in [0.05, 0.1) is 17.7 Å². The van der Waals surface area contributed by atoms with Crippen molar-refractivity contribution in [3.63, 3.8) is 0 Å². The zero-order chi connectivity index (χ0) is 17.2. The third kappa shape index (κ3) is 3.72. The molecule has 1 aromatic rings. The average molecular weight is 343 g/mol.